The van der Waals surface area contributed by atoms with Gasteiger partial charge in [0.15, 0.2) is 5.78 Å². The van der Waals surface area contributed by atoms with Crippen molar-refractivity contribution in [2.24, 2.45) is 11.8 Å². The Morgan fingerprint density at radius 3 is 2.06 bits per heavy atom. The number of carbonyl (C=O) groups excluding carboxylic acids is 1. The van der Waals surface area contributed by atoms with E-state index in [9.17, 15) is 19.7 Å². The normalized spacial score (nSPS) is 13.7. The third kappa shape index (κ3) is 2.91. The minimum absolute atomic E-state index is 0.106. The molecule has 0 aliphatic rings. The van der Waals surface area contributed by atoms with E-state index in [2.05, 4.69) is 0 Å². The Hall–Kier alpha value is -2.24. The molecule has 1 N–H and O–H groups in total. The lowest BCUT2D eigenvalue weighted by atomic mass is 9.88. The van der Waals surface area contributed by atoms with Gasteiger partial charge in [0.1, 0.15) is 0 Å². The van der Waals surface area contributed by atoms with Crippen molar-refractivity contribution in [3.8, 4) is 0 Å². The SMILES string of the molecule is CC(C(=O)O)C(C)C(=O)c1ccc([N+](=O)[O-])cc1. The van der Waals surface area contributed by atoms with Crippen LogP contribution in [0.3, 0.4) is 0 Å². The van der Waals surface area contributed by atoms with E-state index in [1.54, 1.807) is 0 Å². The summed E-state index contributed by atoms with van der Waals surface area (Å²) in [5, 5.41) is 19.3. The molecule has 0 fully saturated rings. The summed E-state index contributed by atoms with van der Waals surface area (Å²) >= 11 is 0. The first-order valence-electron chi connectivity index (χ1n) is 5.36. The second kappa shape index (κ2) is 5.39. The monoisotopic (exact) mass is 251 g/mol. The Kier molecular flexibility index (Phi) is 4.14. The minimum Gasteiger partial charge on any atom is -0.481 e. The fraction of sp³-hybridized carbons (Fsp3) is 0.333. The van der Waals surface area contributed by atoms with Gasteiger partial charge in [0.25, 0.3) is 5.69 Å². The van der Waals surface area contributed by atoms with Crippen molar-refractivity contribution in [1.29, 1.82) is 0 Å². The number of hydrogen-bond donors (Lipinski definition) is 1. The number of nitrogens with zero attached hydrogens (tertiary/aromatic N) is 1. The van der Waals surface area contributed by atoms with Gasteiger partial charge in [-0.1, -0.05) is 13.8 Å². The summed E-state index contributed by atoms with van der Waals surface area (Å²) in [5.74, 6) is -2.85. The van der Waals surface area contributed by atoms with Crippen LogP contribution in [0.2, 0.25) is 0 Å². The lowest BCUT2D eigenvalue weighted by molar-refractivity contribution is -0.384. The van der Waals surface area contributed by atoms with E-state index < -0.39 is 22.7 Å². The van der Waals surface area contributed by atoms with Crippen LogP contribution in [0.15, 0.2) is 24.3 Å². The van der Waals surface area contributed by atoms with Crippen LogP contribution in [0, 0.1) is 22.0 Å². The van der Waals surface area contributed by atoms with Gasteiger partial charge < -0.3 is 5.11 Å². The van der Waals surface area contributed by atoms with Crippen LogP contribution >= 0.6 is 0 Å². The van der Waals surface area contributed by atoms with E-state index >= 15 is 0 Å². The molecular formula is C12H13NO5. The summed E-state index contributed by atoms with van der Waals surface area (Å²) in [7, 11) is 0. The Morgan fingerprint density at radius 2 is 1.67 bits per heavy atom. The maximum Gasteiger partial charge on any atom is 0.306 e. The van der Waals surface area contributed by atoms with Crippen LogP contribution in [-0.4, -0.2) is 21.8 Å². The van der Waals surface area contributed by atoms with Gasteiger partial charge in [-0.2, -0.15) is 0 Å². The van der Waals surface area contributed by atoms with Crippen LogP contribution in [0.25, 0.3) is 0 Å². The number of rotatable bonds is 5. The lowest BCUT2D eigenvalue weighted by Crippen LogP contribution is -2.25. The molecular weight excluding hydrogens is 238 g/mol. The van der Waals surface area contributed by atoms with Gasteiger partial charge >= 0.3 is 5.97 Å². The van der Waals surface area contributed by atoms with Gasteiger partial charge in [-0.3, -0.25) is 19.7 Å². The van der Waals surface area contributed by atoms with Gasteiger partial charge in [0, 0.05) is 23.6 Å². The molecule has 0 saturated carbocycles. The number of carbonyl (C=O) groups is 2. The molecule has 0 amide bonds. The Labute approximate surface area is 103 Å². The second-order valence-corrected chi connectivity index (χ2v) is 4.08. The van der Waals surface area contributed by atoms with Crippen molar-refractivity contribution in [3.63, 3.8) is 0 Å². The van der Waals surface area contributed by atoms with Crippen LogP contribution < -0.4 is 0 Å². The number of benzene rings is 1. The van der Waals surface area contributed by atoms with Gasteiger partial charge in [0.05, 0.1) is 10.8 Å². The zero-order chi connectivity index (χ0) is 13.9. The van der Waals surface area contributed by atoms with Gasteiger partial charge in [-0.05, 0) is 12.1 Å². The first kappa shape index (κ1) is 13.8. The molecule has 0 saturated heterocycles. The van der Waals surface area contributed by atoms with Crippen molar-refractivity contribution in [2.75, 3.05) is 0 Å². The summed E-state index contributed by atoms with van der Waals surface area (Å²) < 4.78 is 0. The van der Waals surface area contributed by atoms with Crippen molar-refractivity contribution in [3.05, 3.63) is 39.9 Å². The fourth-order valence-corrected chi connectivity index (χ4v) is 1.45. The highest BCUT2D eigenvalue weighted by Gasteiger charge is 2.26. The van der Waals surface area contributed by atoms with Gasteiger partial charge in [0.2, 0.25) is 0 Å². The first-order valence-corrected chi connectivity index (χ1v) is 5.36. The van der Waals surface area contributed by atoms with E-state index in [0.717, 1.165) is 0 Å². The van der Waals surface area contributed by atoms with E-state index in [0.29, 0.717) is 0 Å². The summed E-state index contributed by atoms with van der Waals surface area (Å²) in [4.78, 5) is 32.6. The topological polar surface area (TPSA) is 97.5 Å². The van der Waals surface area contributed by atoms with Crippen molar-refractivity contribution in [2.45, 2.75) is 13.8 Å². The number of nitro groups is 1. The average Bonchev–Trinajstić information content (AvgIpc) is 2.36. The lowest BCUT2D eigenvalue weighted by Gasteiger charge is -2.14. The molecule has 0 spiro atoms. The summed E-state index contributed by atoms with van der Waals surface area (Å²) in [5.41, 5.74) is 0.173. The maximum atomic E-state index is 11.9. The molecule has 1 aromatic rings. The van der Waals surface area contributed by atoms with Crippen molar-refractivity contribution >= 4 is 17.4 Å². The fourth-order valence-electron chi connectivity index (χ4n) is 1.45. The Balaban J connectivity index is 2.90. The maximum absolute atomic E-state index is 11.9. The number of aliphatic carboxylic acids is 1. The number of Topliss-reactive ketones (excluding diaryl/α,β-unsaturated/α-hetero) is 1. The Bertz CT molecular complexity index is 480. The molecule has 0 bridgehead atoms. The summed E-state index contributed by atoms with van der Waals surface area (Å²) in [6, 6.07) is 5.13. The van der Waals surface area contributed by atoms with Crippen LogP contribution in [0.4, 0.5) is 5.69 Å². The van der Waals surface area contributed by atoms with Gasteiger partial charge in [-0.15, -0.1) is 0 Å². The predicted molar refractivity (Wildman–Crippen MR) is 63.4 cm³/mol. The third-order valence-electron chi connectivity index (χ3n) is 2.92. The largest absolute Gasteiger partial charge is 0.481 e. The molecule has 6 nitrogen and oxygen atoms in total. The van der Waals surface area contributed by atoms with Crippen molar-refractivity contribution < 1.29 is 19.6 Å². The number of ketones is 1. The molecule has 18 heavy (non-hydrogen) atoms. The molecule has 6 heteroatoms. The average molecular weight is 251 g/mol. The quantitative estimate of drug-likeness (QED) is 0.491. The van der Waals surface area contributed by atoms with E-state index in [1.807, 2.05) is 0 Å². The molecule has 0 aliphatic carbocycles. The molecule has 2 unspecified atom stereocenters. The first-order chi connectivity index (χ1) is 8.34. The highest BCUT2D eigenvalue weighted by molar-refractivity contribution is 5.99. The third-order valence-corrected chi connectivity index (χ3v) is 2.92. The summed E-state index contributed by atoms with van der Waals surface area (Å²) in [6.45, 7) is 2.98. The molecule has 0 aromatic heterocycles. The van der Waals surface area contributed by atoms with E-state index in [1.165, 1.54) is 38.1 Å². The molecule has 1 aromatic carbocycles. The molecule has 0 heterocycles. The highest BCUT2D eigenvalue weighted by Crippen LogP contribution is 2.19. The van der Waals surface area contributed by atoms with Crippen molar-refractivity contribution in [1.82, 2.24) is 0 Å². The zero-order valence-electron chi connectivity index (χ0n) is 9.99. The van der Waals surface area contributed by atoms with E-state index in [4.69, 9.17) is 5.11 Å². The molecule has 1 rings (SSSR count). The number of carboxylic acids is 1. The smallest absolute Gasteiger partial charge is 0.306 e. The van der Waals surface area contributed by atoms with Crippen LogP contribution in [0.5, 0.6) is 0 Å². The van der Waals surface area contributed by atoms with E-state index in [-0.39, 0.29) is 17.0 Å². The predicted octanol–water partition coefficient (Wildman–Crippen LogP) is 2.13. The highest BCUT2D eigenvalue weighted by atomic mass is 16.6. The summed E-state index contributed by atoms with van der Waals surface area (Å²) in [6.07, 6.45) is 0. The number of carboxylic acid groups (broad SMARTS) is 1. The number of hydrogen-bond acceptors (Lipinski definition) is 4. The van der Waals surface area contributed by atoms with Gasteiger partial charge in [-0.25, -0.2) is 0 Å². The molecule has 0 aliphatic heterocycles. The number of non-ortho nitro benzene ring substituents is 1. The standard InChI is InChI=1S/C12H13NO5/c1-7(8(2)12(15)16)11(14)9-3-5-10(6-4-9)13(17)18/h3-8H,1-2H3,(H,15,16). The molecule has 96 valence electrons. The Morgan fingerprint density at radius 1 is 1.17 bits per heavy atom. The zero-order valence-corrected chi connectivity index (χ0v) is 9.99. The van der Waals surface area contributed by atoms with Crippen LogP contribution in [-0.2, 0) is 4.79 Å². The molecule has 2 atom stereocenters. The minimum atomic E-state index is -1.04. The molecule has 0 radical (unpaired) electrons. The van der Waals surface area contributed by atoms with Crippen LogP contribution in [0.1, 0.15) is 24.2 Å². The number of nitro benzene ring substituents is 1. The second-order valence-electron chi connectivity index (χ2n) is 4.08.